The van der Waals surface area contributed by atoms with E-state index in [0.29, 0.717) is 31.1 Å². The van der Waals surface area contributed by atoms with E-state index in [1.54, 1.807) is 16.8 Å². The summed E-state index contributed by atoms with van der Waals surface area (Å²) in [6.45, 7) is 0.961. The highest BCUT2D eigenvalue weighted by Crippen LogP contribution is 2.26. The molecule has 2 aromatic carbocycles. The number of anilines is 1. The van der Waals surface area contributed by atoms with Crippen molar-refractivity contribution in [3.63, 3.8) is 0 Å². The molecule has 38 heavy (non-hydrogen) atoms. The van der Waals surface area contributed by atoms with Crippen molar-refractivity contribution >= 4 is 17.8 Å². The molecule has 1 saturated heterocycles. The molecule has 1 atom stereocenters. The van der Waals surface area contributed by atoms with E-state index in [1.165, 1.54) is 30.4 Å². The maximum atomic E-state index is 13.6. The number of hydrogen-bond donors (Lipinski definition) is 2. The molecule has 1 aliphatic heterocycles. The second-order valence-corrected chi connectivity index (χ2v) is 9.34. The molecule has 3 aromatic rings. The summed E-state index contributed by atoms with van der Waals surface area (Å²) in [5.41, 5.74) is 0.371. The van der Waals surface area contributed by atoms with Gasteiger partial charge in [-0.05, 0) is 48.4 Å². The number of carbonyl (C=O) groups is 2. The molecule has 0 radical (unpaired) electrons. The number of ether oxygens (including phenoxy) is 1. The smallest absolute Gasteiger partial charge is 0.252 e. The molecular formula is C28H27F2N5O3. The lowest BCUT2D eigenvalue weighted by Gasteiger charge is -2.37. The van der Waals surface area contributed by atoms with Gasteiger partial charge in [-0.25, -0.2) is 13.5 Å². The molecular weight excluding hydrogens is 492 g/mol. The van der Waals surface area contributed by atoms with E-state index in [4.69, 9.17) is 4.74 Å². The average Bonchev–Trinajstić information content (AvgIpc) is 3.32. The van der Waals surface area contributed by atoms with Gasteiger partial charge in [-0.2, -0.15) is 4.98 Å². The van der Waals surface area contributed by atoms with Crippen molar-refractivity contribution in [1.82, 2.24) is 20.1 Å². The van der Waals surface area contributed by atoms with E-state index < -0.39 is 17.4 Å². The van der Waals surface area contributed by atoms with E-state index >= 15 is 0 Å². The van der Waals surface area contributed by atoms with Gasteiger partial charge >= 0.3 is 0 Å². The molecule has 1 aliphatic carbocycles. The van der Waals surface area contributed by atoms with Crippen LogP contribution in [-0.2, 0) is 20.9 Å². The Hall–Kier alpha value is -4.18. The summed E-state index contributed by atoms with van der Waals surface area (Å²) in [5, 5.41) is 10.2. The number of carbonyl (C=O) groups excluding carboxylic acids is 2. The fraction of sp³-hybridized carbons (Fsp3) is 0.286. The third-order valence-electron chi connectivity index (χ3n) is 6.71. The Balaban J connectivity index is 1.40. The molecule has 1 unspecified atom stereocenters. The number of nitrogens with zero attached hydrogens (tertiary/aromatic N) is 3. The molecule has 8 nitrogen and oxygen atoms in total. The lowest BCUT2D eigenvalue weighted by atomic mass is 9.87. The highest BCUT2D eigenvalue weighted by molar-refractivity contribution is 6.00. The zero-order chi connectivity index (χ0) is 26.5. The van der Waals surface area contributed by atoms with Crippen molar-refractivity contribution < 1.29 is 23.1 Å². The van der Waals surface area contributed by atoms with Crippen LogP contribution in [0.2, 0.25) is 0 Å². The lowest BCUT2D eigenvalue weighted by Crippen LogP contribution is -2.60. The molecule has 1 aromatic heterocycles. The zero-order valence-corrected chi connectivity index (χ0v) is 20.6. The number of amides is 2. The lowest BCUT2D eigenvalue weighted by molar-refractivity contribution is -0.135. The van der Waals surface area contributed by atoms with Crippen LogP contribution >= 0.6 is 0 Å². The van der Waals surface area contributed by atoms with Crippen LogP contribution < -0.4 is 10.6 Å². The first kappa shape index (κ1) is 25.5. The van der Waals surface area contributed by atoms with Crippen molar-refractivity contribution in [1.29, 1.82) is 0 Å². The predicted molar refractivity (Wildman–Crippen MR) is 137 cm³/mol. The van der Waals surface area contributed by atoms with Crippen LogP contribution in [0.4, 0.5) is 14.7 Å². The first-order chi connectivity index (χ1) is 18.4. The van der Waals surface area contributed by atoms with E-state index in [2.05, 4.69) is 20.7 Å². The summed E-state index contributed by atoms with van der Waals surface area (Å²) in [7, 11) is 0. The molecule has 0 saturated carbocycles. The number of aromatic nitrogens is 3. The van der Waals surface area contributed by atoms with Gasteiger partial charge < -0.3 is 10.1 Å². The second-order valence-electron chi connectivity index (χ2n) is 9.34. The maximum Gasteiger partial charge on any atom is 0.252 e. The Morgan fingerprint density at radius 3 is 2.47 bits per heavy atom. The summed E-state index contributed by atoms with van der Waals surface area (Å²) in [5.74, 6) is -1.64. The average molecular weight is 520 g/mol. The van der Waals surface area contributed by atoms with Gasteiger partial charge in [0.15, 0.2) is 5.82 Å². The van der Waals surface area contributed by atoms with Crippen LogP contribution in [0.3, 0.4) is 0 Å². The molecule has 5 rings (SSSR count). The van der Waals surface area contributed by atoms with Gasteiger partial charge in [0.1, 0.15) is 17.2 Å². The van der Waals surface area contributed by atoms with E-state index in [0.717, 1.165) is 5.56 Å². The largest absolute Gasteiger partial charge is 0.381 e. The predicted octanol–water partition coefficient (Wildman–Crippen LogP) is 4.17. The minimum Gasteiger partial charge on any atom is -0.381 e. The molecule has 196 valence electrons. The van der Waals surface area contributed by atoms with Gasteiger partial charge in [-0.1, -0.05) is 36.4 Å². The standard InChI is InChI=1S/C28H27F2N5O3/c29-22-10-6-20(7-11-22)24-31-27(34-35(24)18-19-4-2-1-3-5-19)32-26(37)28(14-16-38-17-15-28)33-25(36)21-8-12-23(30)13-9-21/h1-8,10-13,21H,9,14-18H2,(H,33,36)(H,32,34,37). The molecule has 0 spiro atoms. The third-order valence-corrected chi connectivity index (χ3v) is 6.71. The zero-order valence-electron chi connectivity index (χ0n) is 20.6. The van der Waals surface area contributed by atoms with Crippen molar-refractivity contribution in [3.8, 4) is 11.4 Å². The topological polar surface area (TPSA) is 98.1 Å². The summed E-state index contributed by atoms with van der Waals surface area (Å²) >= 11 is 0. The van der Waals surface area contributed by atoms with E-state index in [-0.39, 0.29) is 42.8 Å². The fourth-order valence-electron chi connectivity index (χ4n) is 4.54. The first-order valence-corrected chi connectivity index (χ1v) is 12.4. The van der Waals surface area contributed by atoms with Gasteiger partial charge in [0.25, 0.3) is 5.91 Å². The molecule has 1 fully saturated rings. The maximum absolute atomic E-state index is 13.6. The van der Waals surface area contributed by atoms with Crippen molar-refractivity contribution in [2.45, 2.75) is 31.3 Å². The Bertz CT molecular complexity index is 1360. The quantitative estimate of drug-likeness (QED) is 0.489. The molecule has 2 N–H and O–H groups in total. The van der Waals surface area contributed by atoms with Crippen LogP contribution in [0.25, 0.3) is 11.4 Å². The number of halogens is 2. The summed E-state index contributed by atoms with van der Waals surface area (Å²) in [4.78, 5) is 31.2. The Labute approximate surface area is 218 Å². The molecule has 10 heteroatoms. The minimum atomic E-state index is -1.23. The number of allylic oxidation sites excluding steroid dienone is 3. The van der Waals surface area contributed by atoms with Crippen LogP contribution in [0.15, 0.2) is 78.7 Å². The summed E-state index contributed by atoms with van der Waals surface area (Å²) in [6, 6.07) is 15.5. The van der Waals surface area contributed by atoms with Crippen LogP contribution in [0.5, 0.6) is 0 Å². The van der Waals surface area contributed by atoms with Crippen LogP contribution in [0.1, 0.15) is 24.8 Å². The van der Waals surface area contributed by atoms with Gasteiger partial charge in [0.2, 0.25) is 11.9 Å². The highest BCUT2D eigenvalue weighted by Gasteiger charge is 2.43. The SMILES string of the molecule is O=C(NC1(C(=O)Nc2nc(-c3ccc(F)cc3)n(Cc3ccccc3)n2)CCOCC1)C1C=CC(F)=CC1. The Morgan fingerprint density at radius 2 is 1.79 bits per heavy atom. The van der Waals surface area contributed by atoms with Gasteiger partial charge in [0.05, 0.1) is 12.5 Å². The summed E-state index contributed by atoms with van der Waals surface area (Å²) in [6.07, 6.45) is 4.85. The Kier molecular flexibility index (Phi) is 7.41. The van der Waals surface area contributed by atoms with Gasteiger partial charge in [0, 0.05) is 31.6 Å². The molecule has 2 aliphatic rings. The second kappa shape index (κ2) is 11.1. The normalized spacial score (nSPS) is 18.5. The van der Waals surface area contributed by atoms with Crippen LogP contribution in [0, 0.1) is 11.7 Å². The van der Waals surface area contributed by atoms with Crippen molar-refractivity contribution in [2.75, 3.05) is 18.5 Å². The number of hydrogen-bond acceptors (Lipinski definition) is 5. The molecule has 2 heterocycles. The van der Waals surface area contributed by atoms with Crippen LogP contribution in [-0.4, -0.2) is 45.3 Å². The fourth-order valence-corrected chi connectivity index (χ4v) is 4.54. The van der Waals surface area contributed by atoms with E-state index in [9.17, 15) is 18.4 Å². The highest BCUT2D eigenvalue weighted by atomic mass is 19.1. The summed E-state index contributed by atoms with van der Waals surface area (Å²) < 4.78 is 34.0. The number of benzene rings is 2. The molecule has 2 amide bonds. The van der Waals surface area contributed by atoms with Crippen molar-refractivity contribution in [2.24, 2.45) is 5.92 Å². The minimum absolute atomic E-state index is 0.0629. The van der Waals surface area contributed by atoms with Gasteiger partial charge in [-0.3, -0.25) is 14.9 Å². The number of nitrogens with one attached hydrogen (secondary N) is 2. The third kappa shape index (κ3) is 5.70. The monoisotopic (exact) mass is 519 g/mol. The van der Waals surface area contributed by atoms with Gasteiger partial charge in [-0.15, -0.1) is 5.10 Å². The van der Waals surface area contributed by atoms with Crippen molar-refractivity contribution in [3.05, 3.63) is 90.0 Å². The molecule has 0 bridgehead atoms. The first-order valence-electron chi connectivity index (χ1n) is 12.4. The number of rotatable bonds is 7. The van der Waals surface area contributed by atoms with E-state index in [1.807, 2.05) is 30.3 Å². The Morgan fingerprint density at radius 1 is 1.05 bits per heavy atom.